The molecular weight excluding hydrogens is 364 g/mol. The van der Waals surface area contributed by atoms with Crippen LogP contribution >= 0.6 is 0 Å². The van der Waals surface area contributed by atoms with Crippen molar-refractivity contribution in [2.45, 2.75) is 51.7 Å². The Morgan fingerprint density at radius 2 is 2.14 bits per heavy atom. The monoisotopic (exact) mass is 393 g/mol. The number of hydrogen-bond donors (Lipinski definition) is 1. The Bertz CT molecular complexity index is 768. The van der Waals surface area contributed by atoms with Gasteiger partial charge in [0.1, 0.15) is 11.6 Å². The molecule has 6 heteroatoms. The van der Waals surface area contributed by atoms with Gasteiger partial charge in [0.2, 0.25) is 5.91 Å². The van der Waals surface area contributed by atoms with Gasteiger partial charge >= 0.3 is 0 Å². The first-order valence-electron chi connectivity index (χ1n) is 10.1. The van der Waals surface area contributed by atoms with Crippen molar-refractivity contribution in [3.8, 4) is 0 Å². The second-order valence-corrected chi connectivity index (χ2v) is 9.25. The fourth-order valence-corrected chi connectivity index (χ4v) is 6.26. The van der Waals surface area contributed by atoms with Crippen LogP contribution in [0, 0.1) is 34.3 Å². The van der Waals surface area contributed by atoms with E-state index in [2.05, 4.69) is 19.2 Å². The van der Waals surface area contributed by atoms with Crippen molar-refractivity contribution >= 4 is 5.91 Å². The summed E-state index contributed by atoms with van der Waals surface area (Å²) in [6.45, 7) is 5.32. The highest BCUT2D eigenvalue weighted by Gasteiger charge is 2.68. The Kier molecular flexibility index (Phi) is 4.99. The van der Waals surface area contributed by atoms with Gasteiger partial charge in [-0.1, -0.05) is 13.8 Å². The molecule has 0 aromatic heterocycles. The van der Waals surface area contributed by atoms with Crippen molar-refractivity contribution in [1.82, 2.24) is 5.32 Å². The molecule has 1 amide bonds. The van der Waals surface area contributed by atoms with Crippen LogP contribution < -0.4 is 5.32 Å². The zero-order chi connectivity index (χ0) is 20.1. The zero-order valence-electron chi connectivity index (χ0n) is 16.8. The van der Waals surface area contributed by atoms with Crippen LogP contribution in [0.5, 0.6) is 0 Å². The molecule has 5 atom stereocenters. The highest BCUT2D eigenvalue weighted by atomic mass is 19.1. The number of benzene rings is 1. The molecule has 1 heterocycles. The molecule has 3 aliphatic rings. The van der Waals surface area contributed by atoms with Crippen LogP contribution in [-0.2, 0) is 14.3 Å². The fourth-order valence-electron chi connectivity index (χ4n) is 6.26. The van der Waals surface area contributed by atoms with Gasteiger partial charge in [0.15, 0.2) is 0 Å². The number of carbonyl (C=O) groups is 1. The molecule has 1 aromatic rings. The van der Waals surface area contributed by atoms with Crippen molar-refractivity contribution in [2.24, 2.45) is 22.7 Å². The van der Waals surface area contributed by atoms with E-state index in [1.807, 2.05) is 0 Å². The molecule has 4 rings (SSSR count). The summed E-state index contributed by atoms with van der Waals surface area (Å²) in [4.78, 5) is 12.5. The van der Waals surface area contributed by atoms with E-state index < -0.39 is 17.7 Å². The molecule has 2 bridgehead atoms. The van der Waals surface area contributed by atoms with Crippen molar-refractivity contribution in [3.05, 3.63) is 35.4 Å². The maximum absolute atomic E-state index is 14.5. The minimum atomic E-state index is -0.469. The first-order chi connectivity index (χ1) is 13.3. The second-order valence-electron chi connectivity index (χ2n) is 9.25. The van der Waals surface area contributed by atoms with Gasteiger partial charge in [-0.25, -0.2) is 8.78 Å². The topological polar surface area (TPSA) is 47.6 Å². The van der Waals surface area contributed by atoms with Crippen molar-refractivity contribution in [2.75, 3.05) is 20.3 Å². The van der Waals surface area contributed by atoms with Crippen LogP contribution in [0.15, 0.2) is 18.2 Å². The summed E-state index contributed by atoms with van der Waals surface area (Å²) >= 11 is 0. The number of rotatable bonds is 5. The standard InChI is InChI=1S/C22H29F2NO3/c1-21(2)13-10-16-19(15-11-14(23)4-5-17(15)24)28-9-7-22(16,12-13)20(21)25-18(26)6-8-27-3/h4-5,11,13,16,19-20H,6-10,12H2,1-3H3,(H,25,26)/t13-,16-,19-,20-,22?/m1/s1. The summed E-state index contributed by atoms with van der Waals surface area (Å²) in [5.41, 5.74) is 0.124. The largest absolute Gasteiger partial charge is 0.384 e. The molecule has 28 heavy (non-hydrogen) atoms. The highest BCUT2D eigenvalue weighted by Crippen LogP contribution is 2.70. The Hall–Kier alpha value is -1.53. The van der Waals surface area contributed by atoms with Gasteiger partial charge < -0.3 is 14.8 Å². The second kappa shape index (κ2) is 7.06. The van der Waals surface area contributed by atoms with Gasteiger partial charge in [0.05, 0.1) is 12.7 Å². The van der Waals surface area contributed by atoms with Crippen LogP contribution in [0.25, 0.3) is 0 Å². The normalized spacial score (nSPS) is 35.6. The van der Waals surface area contributed by atoms with Crippen LogP contribution in [0.1, 0.15) is 51.2 Å². The minimum Gasteiger partial charge on any atom is -0.384 e. The Balaban J connectivity index is 1.66. The lowest BCUT2D eigenvalue weighted by atomic mass is 9.58. The third kappa shape index (κ3) is 2.96. The Morgan fingerprint density at radius 3 is 2.89 bits per heavy atom. The van der Waals surface area contributed by atoms with Crippen LogP contribution in [-0.4, -0.2) is 32.3 Å². The number of nitrogens with one attached hydrogen (secondary N) is 1. The molecule has 1 aromatic carbocycles. The number of hydrogen-bond acceptors (Lipinski definition) is 3. The molecular formula is C22H29F2NO3. The zero-order valence-corrected chi connectivity index (χ0v) is 16.8. The maximum Gasteiger partial charge on any atom is 0.222 e. The molecule has 1 spiro atoms. The number of halogens is 2. The van der Waals surface area contributed by atoms with E-state index in [9.17, 15) is 13.6 Å². The summed E-state index contributed by atoms with van der Waals surface area (Å²) in [5.74, 6) is -0.395. The van der Waals surface area contributed by atoms with Crippen LogP contribution in [0.3, 0.4) is 0 Å². The summed E-state index contributed by atoms with van der Waals surface area (Å²) in [7, 11) is 1.58. The fraction of sp³-hybridized carbons (Fsp3) is 0.682. The van der Waals surface area contributed by atoms with E-state index in [0.717, 1.165) is 25.3 Å². The number of amides is 1. The summed E-state index contributed by atoms with van der Waals surface area (Å²) in [6.07, 6.45) is 2.60. The van der Waals surface area contributed by atoms with Crippen molar-refractivity contribution < 1.29 is 23.0 Å². The van der Waals surface area contributed by atoms with E-state index in [-0.39, 0.29) is 28.7 Å². The van der Waals surface area contributed by atoms with Crippen LogP contribution in [0.2, 0.25) is 0 Å². The third-order valence-electron chi connectivity index (χ3n) is 7.61. The van der Waals surface area contributed by atoms with Crippen molar-refractivity contribution in [1.29, 1.82) is 0 Å². The molecule has 2 saturated carbocycles. The predicted molar refractivity (Wildman–Crippen MR) is 101 cm³/mol. The van der Waals surface area contributed by atoms with E-state index >= 15 is 0 Å². The Morgan fingerprint density at radius 1 is 1.36 bits per heavy atom. The number of methoxy groups -OCH3 is 1. The van der Waals surface area contributed by atoms with Gasteiger partial charge in [-0.3, -0.25) is 4.79 Å². The van der Waals surface area contributed by atoms with E-state index in [0.29, 0.717) is 31.1 Å². The summed E-state index contributed by atoms with van der Waals surface area (Å²) < 4.78 is 39.4. The van der Waals surface area contributed by atoms with E-state index in [1.165, 1.54) is 12.1 Å². The Labute approximate surface area is 165 Å². The van der Waals surface area contributed by atoms with Gasteiger partial charge in [0.25, 0.3) is 0 Å². The average Bonchev–Trinajstić information content (AvgIpc) is 3.14. The lowest BCUT2D eigenvalue weighted by Crippen LogP contribution is -2.59. The van der Waals surface area contributed by atoms with E-state index in [1.54, 1.807) is 7.11 Å². The first-order valence-corrected chi connectivity index (χ1v) is 10.1. The summed E-state index contributed by atoms with van der Waals surface area (Å²) in [6, 6.07) is 3.58. The number of carbonyl (C=O) groups excluding carboxylic acids is 1. The molecule has 154 valence electrons. The SMILES string of the molecule is COCCC(=O)N[C@@H]1C(C)(C)[C@@H]2C[C@@H]3[C@@H](c4cc(F)ccc4F)OCCC31C2. The quantitative estimate of drug-likeness (QED) is 0.823. The minimum absolute atomic E-state index is 0.00359. The van der Waals surface area contributed by atoms with Gasteiger partial charge in [-0.15, -0.1) is 0 Å². The highest BCUT2D eigenvalue weighted by molar-refractivity contribution is 5.76. The van der Waals surface area contributed by atoms with Gasteiger partial charge in [-0.2, -0.15) is 0 Å². The average molecular weight is 393 g/mol. The van der Waals surface area contributed by atoms with Crippen LogP contribution in [0.4, 0.5) is 8.78 Å². The summed E-state index contributed by atoms with van der Waals surface area (Å²) in [5, 5.41) is 3.28. The molecule has 1 aliphatic heterocycles. The molecule has 1 N–H and O–H groups in total. The molecule has 1 saturated heterocycles. The third-order valence-corrected chi connectivity index (χ3v) is 7.61. The number of fused-ring (bicyclic) bond motifs is 1. The van der Waals surface area contributed by atoms with E-state index in [4.69, 9.17) is 9.47 Å². The lowest BCUT2D eigenvalue weighted by molar-refractivity contribution is -0.138. The lowest BCUT2D eigenvalue weighted by Gasteiger charge is -2.53. The smallest absolute Gasteiger partial charge is 0.222 e. The van der Waals surface area contributed by atoms with Gasteiger partial charge in [-0.05, 0) is 60.1 Å². The van der Waals surface area contributed by atoms with Crippen molar-refractivity contribution in [3.63, 3.8) is 0 Å². The van der Waals surface area contributed by atoms with Gasteiger partial charge in [0, 0.05) is 31.7 Å². The maximum atomic E-state index is 14.5. The molecule has 0 radical (unpaired) electrons. The first kappa shape index (κ1) is 19.8. The molecule has 1 unspecified atom stereocenters. The predicted octanol–water partition coefficient (Wildman–Crippen LogP) is 4.00. The molecule has 4 nitrogen and oxygen atoms in total. The molecule has 3 fully saturated rings. The molecule has 2 aliphatic carbocycles. The number of ether oxygens (including phenoxy) is 2.